The molecule has 0 aromatic heterocycles. The van der Waals surface area contributed by atoms with Gasteiger partial charge in [-0.05, 0) is 93.7 Å². The highest BCUT2D eigenvalue weighted by Crippen LogP contribution is 2.45. The third kappa shape index (κ3) is 9.57. The first-order valence-electron chi connectivity index (χ1n) is 15.8. The lowest BCUT2D eigenvalue weighted by atomic mass is 9.83. The van der Waals surface area contributed by atoms with Crippen molar-refractivity contribution in [2.75, 3.05) is 6.61 Å². The number of hydrogen-bond donors (Lipinski definition) is 2. The van der Waals surface area contributed by atoms with Crippen molar-refractivity contribution in [3.63, 3.8) is 0 Å². The van der Waals surface area contributed by atoms with Gasteiger partial charge in [-0.1, -0.05) is 52.9 Å². The summed E-state index contributed by atoms with van der Waals surface area (Å²) in [5.41, 5.74) is 0. The van der Waals surface area contributed by atoms with Crippen molar-refractivity contribution in [3.8, 4) is 0 Å². The van der Waals surface area contributed by atoms with Crippen LogP contribution in [-0.4, -0.2) is 55.7 Å². The third-order valence-corrected chi connectivity index (χ3v) is 14.6. The summed E-state index contributed by atoms with van der Waals surface area (Å²) < 4.78 is 19.6. The van der Waals surface area contributed by atoms with E-state index in [2.05, 4.69) is 33.9 Å². The normalized spacial score (nSPS) is 30.1. The van der Waals surface area contributed by atoms with Crippen molar-refractivity contribution in [1.82, 2.24) is 0 Å². The minimum absolute atomic E-state index is 0.0437. The van der Waals surface area contributed by atoms with E-state index in [-0.39, 0.29) is 35.9 Å². The van der Waals surface area contributed by atoms with Gasteiger partial charge in [0.25, 0.3) is 0 Å². The summed E-state index contributed by atoms with van der Waals surface area (Å²) in [7, 11) is -1.88. The van der Waals surface area contributed by atoms with Crippen molar-refractivity contribution in [2.24, 2.45) is 17.8 Å². The molecule has 0 radical (unpaired) electrons. The van der Waals surface area contributed by atoms with Gasteiger partial charge in [0.15, 0.2) is 14.6 Å². The van der Waals surface area contributed by atoms with Crippen molar-refractivity contribution < 1.29 is 28.9 Å². The van der Waals surface area contributed by atoms with Crippen molar-refractivity contribution in [3.05, 3.63) is 0 Å². The number of hydrogen-bond acceptors (Lipinski definition) is 5. The van der Waals surface area contributed by atoms with Crippen molar-refractivity contribution >= 4 is 14.3 Å². The van der Waals surface area contributed by atoms with E-state index in [1.807, 2.05) is 0 Å². The summed E-state index contributed by atoms with van der Waals surface area (Å²) in [6.45, 7) is 12.5. The lowest BCUT2D eigenvalue weighted by molar-refractivity contribution is -0.196. The van der Waals surface area contributed by atoms with Gasteiger partial charge in [-0.15, -0.1) is 0 Å². The molecular weight excluding hydrogens is 496 g/mol. The SMILES string of the molecule is CC(C)(C)[Si](C)(C)OC(CC[C@H]1C(OC2CCCCO2)C[C@H](O)[C@@H]1CCCCCCC(=O)O)C1CCCC1. The van der Waals surface area contributed by atoms with Crippen LogP contribution in [-0.2, 0) is 18.7 Å². The average Bonchev–Trinajstić information content (AvgIpc) is 3.47. The Morgan fingerprint density at radius 2 is 1.66 bits per heavy atom. The Hall–Kier alpha value is -0.473. The van der Waals surface area contributed by atoms with Gasteiger partial charge in [0, 0.05) is 25.6 Å². The minimum atomic E-state index is -1.88. The Kier molecular flexibility index (Phi) is 12.6. The van der Waals surface area contributed by atoms with E-state index in [4.69, 9.17) is 19.0 Å². The van der Waals surface area contributed by atoms with Crippen molar-refractivity contribution in [2.45, 2.75) is 166 Å². The number of aliphatic hydroxyl groups excluding tert-OH is 1. The number of carboxylic acids is 1. The molecule has 1 saturated heterocycles. The first-order chi connectivity index (χ1) is 18.0. The van der Waals surface area contributed by atoms with Crippen LogP contribution in [0.15, 0.2) is 0 Å². The fourth-order valence-electron chi connectivity index (χ4n) is 6.77. The van der Waals surface area contributed by atoms with Crippen molar-refractivity contribution in [1.29, 1.82) is 0 Å². The monoisotopic (exact) mass is 554 g/mol. The van der Waals surface area contributed by atoms with E-state index in [1.54, 1.807) is 0 Å². The molecule has 3 aliphatic rings. The van der Waals surface area contributed by atoms with Crippen LogP contribution in [0.3, 0.4) is 0 Å². The number of unbranched alkanes of at least 4 members (excludes halogenated alkanes) is 3. The van der Waals surface area contributed by atoms with Gasteiger partial charge in [0.05, 0.1) is 12.2 Å². The zero-order valence-corrected chi connectivity index (χ0v) is 26.1. The molecule has 7 heteroatoms. The van der Waals surface area contributed by atoms with Gasteiger partial charge >= 0.3 is 5.97 Å². The zero-order valence-electron chi connectivity index (χ0n) is 25.1. The lowest BCUT2D eigenvalue weighted by Gasteiger charge is -2.41. The second-order valence-corrected chi connectivity index (χ2v) is 18.7. The lowest BCUT2D eigenvalue weighted by Crippen LogP contribution is -2.45. The highest BCUT2D eigenvalue weighted by Gasteiger charge is 2.45. The molecule has 38 heavy (non-hydrogen) atoms. The van der Waals surface area contributed by atoms with Gasteiger partial charge in [-0.2, -0.15) is 0 Å². The highest BCUT2D eigenvalue weighted by molar-refractivity contribution is 6.74. The molecule has 3 unspecified atom stereocenters. The number of aliphatic carboxylic acids is 1. The zero-order chi connectivity index (χ0) is 27.8. The molecule has 222 valence electrons. The summed E-state index contributed by atoms with van der Waals surface area (Å²) >= 11 is 0. The Bertz CT molecular complexity index is 695. The number of aliphatic hydroxyl groups is 1. The van der Waals surface area contributed by atoms with Crippen LogP contribution in [0.5, 0.6) is 0 Å². The molecule has 2 N–H and O–H groups in total. The molecule has 0 spiro atoms. The molecule has 3 fully saturated rings. The van der Waals surface area contributed by atoms with E-state index in [1.165, 1.54) is 25.7 Å². The van der Waals surface area contributed by atoms with Gasteiger partial charge in [0.2, 0.25) is 0 Å². The van der Waals surface area contributed by atoms with Gasteiger partial charge in [-0.3, -0.25) is 4.79 Å². The van der Waals surface area contributed by atoms with E-state index in [9.17, 15) is 9.90 Å². The highest BCUT2D eigenvalue weighted by atomic mass is 28.4. The maximum absolute atomic E-state index is 11.2. The molecule has 2 aliphatic carbocycles. The van der Waals surface area contributed by atoms with Crippen LogP contribution < -0.4 is 0 Å². The molecule has 6 atom stereocenters. The summed E-state index contributed by atoms with van der Waals surface area (Å²) in [6.07, 6.45) is 16.1. The van der Waals surface area contributed by atoms with E-state index < -0.39 is 14.3 Å². The first-order valence-corrected chi connectivity index (χ1v) is 18.7. The molecule has 0 amide bonds. The first kappa shape index (κ1) is 32.0. The van der Waals surface area contributed by atoms with Gasteiger partial charge < -0.3 is 24.1 Å². The van der Waals surface area contributed by atoms with Crippen LogP contribution in [0.2, 0.25) is 18.1 Å². The second kappa shape index (κ2) is 15.0. The largest absolute Gasteiger partial charge is 0.481 e. The average molecular weight is 555 g/mol. The maximum Gasteiger partial charge on any atom is 0.303 e. The Balaban J connectivity index is 1.66. The van der Waals surface area contributed by atoms with E-state index in [0.29, 0.717) is 24.4 Å². The standard InChI is InChI=1S/C31H58O6Si/c1-31(2,3)38(4,5)37-27(23-14-10-11-15-23)20-19-25-24(16-8-6-7-9-17-29(33)34)26(32)22-28(25)36-30-18-12-13-21-35-30/h23-28,30,32H,6-22H2,1-5H3,(H,33,34)/t24-,25-,26+,27?,28?,30?/m1/s1. The Labute approximate surface area is 233 Å². The van der Waals surface area contributed by atoms with Crippen LogP contribution in [0, 0.1) is 17.8 Å². The summed E-state index contributed by atoms with van der Waals surface area (Å²) in [5, 5.41) is 20.3. The van der Waals surface area contributed by atoms with Gasteiger partial charge in [0.1, 0.15) is 0 Å². The predicted molar refractivity (Wildman–Crippen MR) is 155 cm³/mol. The van der Waals surface area contributed by atoms with Crippen LogP contribution in [0.4, 0.5) is 0 Å². The molecule has 1 heterocycles. The van der Waals surface area contributed by atoms with Crippen LogP contribution >= 0.6 is 0 Å². The molecule has 0 bridgehead atoms. The molecule has 0 aromatic rings. The number of rotatable bonds is 15. The van der Waals surface area contributed by atoms with Crippen LogP contribution in [0.1, 0.15) is 124 Å². The minimum Gasteiger partial charge on any atom is -0.481 e. The molecule has 2 saturated carbocycles. The summed E-state index contributed by atoms with van der Waals surface area (Å²) in [6, 6.07) is 0. The maximum atomic E-state index is 11.2. The Morgan fingerprint density at radius 1 is 0.974 bits per heavy atom. The topological polar surface area (TPSA) is 85.2 Å². The Morgan fingerprint density at radius 3 is 2.29 bits per heavy atom. The predicted octanol–water partition coefficient (Wildman–Crippen LogP) is 7.68. The van der Waals surface area contributed by atoms with Crippen LogP contribution in [0.25, 0.3) is 0 Å². The smallest absolute Gasteiger partial charge is 0.303 e. The number of carboxylic acid groups (broad SMARTS) is 1. The summed E-state index contributed by atoms with van der Waals surface area (Å²) in [4.78, 5) is 10.8. The number of ether oxygens (including phenoxy) is 2. The number of carbonyl (C=O) groups is 1. The van der Waals surface area contributed by atoms with E-state index in [0.717, 1.165) is 70.8 Å². The second-order valence-electron chi connectivity index (χ2n) is 14.0. The van der Waals surface area contributed by atoms with Gasteiger partial charge in [-0.25, -0.2) is 0 Å². The molecule has 1 aliphatic heterocycles. The quantitative estimate of drug-likeness (QED) is 0.159. The molecule has 0 aromatic carbocycles. The third-order valence-electron chi connectivity index (χ3n) is 10.1. The molecule has 6 nitrogen and oxygen atoms in total. The fourth-order valence-corrected chi connectivity index (χ4v) is 8.19. The molecular formula is C31H58O6Si. The summed E-state index contributed by atoms with van der Waals surface area (Å²) in [5.74, 6) is 0.503. The molecule has 3 rings (SSSR count). The fraction of sp³-hybridized carbons (Fsp3) is 0.968. The van der Waals surface area contributed by atoms with E-state index >= 15 is 0 Å².